The molecule has 0 aliphatic carbocycles. The second-order valence-electron chi connectivity index (χ2n) is 10.8. The van der Waals surface area contributed by atoms with Crippen molar-refractivity contribution in [3.63, 3.8) is 0 Å². The average molecular weight is 577 g/mol. The number of nitrogens with zero attached hydrogens (tertiary/aromatic N) is 2. The molecule has 3 heterocycles. The van der Waals surface area contributed by atoms with E-state index < -0.39 is 0 Å². The molecule has 1 fully saturated rings. The van der Waals surface area contributed by atoms with Crippen molar-refractivity contribution in [1.29, 1.82) is 0 Å². The van der Waals surface area contributed by atoms with E-state index in [1.807, 2.05) is 64.9 Å². The van der Waals surface area contributed by atoms with Gasteiger partial charge in [-0.15, -0.1) is 11.3 Å². The Hall–Kier alpha value is -3.36. The van der Waals surface area contributed by atoms with Crippen molar-refractivity contribution in [1.82, 2.24) is 9.80 Å². The van der Waals surface area contributed by atoms with Crippen LogP contribution < -0.4 is 9.47 Å². The summed E-state index contributed by atoms with van der Waals surface area (Å²) in [6.07, 6.45) is 7.68. The number of fused-ring (bicyclic) bond motifs is 1. The third-order valence-electron chi connectivity index (χ3n) is 7.67. The summed E-state index contributed by atoms with van der Waals surface area (Å²) in [5.41, 5.74) is 2.80. The van der Waals surface area contributed by atoms with Crippen LogP contribution in [0.5, 0.6) is 11.5 Å². The minimum Gasteiger partial charge on any atom is -0.454 e. The molecule has 5 rings (SSSR count). The zero-order chi connectivity index (χ0) is 28.4. The molecule has 1 saturated heterocycles. The van der Waals surface area contributed by atoms with Gasteiger partial charge in [0.2, 0.25) is 12.7 Å². The molecule has 3 aromatic rings. The highest BCUT2D eigenvalue weighted by Gasteiger charge is 2.28. The molecule has 2 aromatic carbocycles. The quantitative estimate of drug-likeness (QED) is 0.206. The fourth-order valence-corrected chi connectivity index (χ4v) is 6.07. The molecule has 2 amide bonds. The Labute approximate surface area is 247 Å². The molecule has 0 radical (unpaired) electrons. The van der Waals surface area contributed by atoms with Crippen LogP contribution in [0.25, 0.3) is 0 Å². The fourth-order valence-electron chi connectivity index (χ4n) is 5.35. The van der Waals surface area contributed by atoms with E-state index in [0.29, 0.717) is 43.3 Å². The number of rotatable bonds is 14. The van der Waals surface area contributed by atoms with Crippen molar-refractivity contribution in [2.45, 2.75) is 71.1 Å². The number of carbonyl (C=O) groups excluding carboxylic acids is 2. The van der Waals surface area contributed by atoms with E-state index in [0.717, 1.165) is 36.1 Å². The highest BCUT2D eigenvalue weighted by atomic mass is 32.1. The number of unbranched alkanes of at least 4 members (excludes halogenated alkanes) is 3. The number of hydrogen-bond acceptors (Lipinski definition) is 6. The number of hydrogen-bond donors (Lipinski definition) is 0. The van der Waals surface area contributed by atoms with Gasteiger partial charge in [0.25, 0.3) is 5.91 Å². The topological polar surface area (TPSA) is 68.3 Å². The normalized spacial score (nSPS) is 15.7. The minimum absolute atomic E-state index is 0.00656. The molecule has 0 N–H and O–H groups in total. The zero-order valence-corrected chi connectivity index (χ0v) is 24.7. The van der Waals surface area contributed by atoms with Crippen LogP contribution in [0, 0.1) is 0 Å². The SMILES string of the molecule is CCCCCCc1ccc(C(=O)N(CC(=O)N(Cc2ccc3c(c2)OCO3)Cc2cccs2)CC2CCCO2)cc1. The van der Waals surface area contributed by atoms with Crippen molar-refractivity contribution < 1.29 is 23.8 Å². The van der Waals surface area contributed by atoms with Gasteiger partial charge in [0.15, 0.2) is 11.5 Å². The van der Waals surface area contributed by atoms with Gasteiger partial charge >= 0.3 is 0 Å². The first-order valence-corrected chi connectivity index (χ1v) is 15.7. The van der Waals surface area contributed by atoms with E-state index in [1.165, 1.54) is 24.8 Å². The highest BCUT2D eigenvalue weighted by Crippen LogP contribution is 2.33. The summed E-state index contributed by atoms with van der Waals surface area (Å²) in [5, 5.41) is 2.01. The average Bonchev–Trinajstić information content (AvgIpc) is 3.78. The Morgan fingerprint density at radius 2 is 1.76 bits per heavy atom. The van der Waals surface area contributed by atoms with Crippen LogP contribution in [0.15, 0.2) is 60.0 Å². The van der Waals surface area contributed by atoms with Gasteiger partial charge in [-0.05, 0) is 72.5 Å². The van der Waals surface area contributed by atoms with Gasteiger partial charge < -0.3 is 24.0 Å². The Bertz CT molecular complexity index is 1270. The summed E-state index contributed by atoms with van der Waals surface area (Å²) in [6, 6.07) is 17.7. The first-order chi connectivity index (χ1) is 20.1. The Morgan fingerprint density at radius 3 is 2.51 bits per heavy atom. The molecule has 2 aliphatic rings. The first-order valence-electron chi connectivity index (χ1n) is 14.8. The molecular weight excluding hydrogens is 536 g/mol. The standard InChI is InChI=1S/C33H40N2O5S/c1-2-3-4-5-8-25-11-14-27(15-12-25)33(37)35(21-28-9-6-17-38-28)23-32(36)34(22-29-10-7-18-41-29)20-26-13-16-30-31(19-26)40-24-39-30/h7,10-16,18-19,28H,2-6,8-9,17,20-24H2,1H3. The maximum Gasteiger partial charge on any atom is 0.254 e. The maximum atomic E-state index is 13.9. The Kier molecular flexibility index (Phi) is 10.3. The number of ether oxygens (including phenoxy) is 3. The summed E-state index contributed by atoms with van der Waals surface area (Å²) in [4.78, 5) is 32.3. The number of amides is 2. The van der Waals surface area contributed by atoms with Crippen molar-refractivity contribution in [2.24, 2.45) is 0 Å². The molecule has 0 spiro atoms. The zero-order valence-electron chi connectivity index (χ0n) is 23.9. The van der Waals surface area contributed by atoms with Gasteiger partial charge in [0.1, 0.15) is 6.54 Å². The van der Waals surface area contributed by atoms with Crippen LogP contribution in [0.1, 0.15) is 71.8 Å². The van der Waals surface area contributed by atoms with Crippen LogP contribution in [0.2, 0.25) is 0 Å². The number of thiophene rings is 1. The van der Waals surface area contributed by atoms with Gasteiger partial charge in [-0.25, -0.2) is 0 Å². The Balaban J connectivity index is 1.30. The molecule has 1 atom stereocenters. The minimum atomic E-state index is -0.134. The lowest BCUT2D eigenvalue weighted by Gasteiger charge is -2.29. The molecule has 0 bridgehead atoms. The summed E-state index contributed by atoms with van der Waals surface area (Å²) >= 11 is 1.62. The van der Waals surface area contributed by atoms with Crippen LogP contribution in [0.3, 0.4) is 0 Å². The van der Waals surface area contributed by atoms with E-state index >= 15 is 0 Å². The molecule has 1 unspecified atom stereocenters. The second-order valence-corrected chi connectivity index (χ2v) is 11.9. The molecule has 2 aliphatic heterocycles. The third kappa shape index (κ3) is 8.11. The van der Waals surface area contributed by atoms with Crippen LogP contribution in [0.4, 0.5) is 0 Å². The van der Waals surface area contributed by atoms with Crippen molar-refractivity contribution in [3.05, 3.63) is 81.5 Å². The first kappa shape index (κ1) is 29.1. The second kappa shape index (κ2) is 14.5. The molecule has 0 saturated carbocycles. The molecule has 1 aromatic heterocycles. The number of carbonyl (C=O) groups is 2. The summed E-state index contributed by atoms with van der Waals surface area (Å²) < 4.78 is 16.9. The van der Waals surface area contributed by atoms with E-state index in [2.05, 4.69) is 6.92 Å². The monoisotopic (exact) mass is 576 g/mol. The van der Waals surface area contributed by atoms with Crippen LogP contribution in [-0.2, 0) is 29.0 Å². The molecule has 41 heavy (non-hydrogen) atoms. The van der Waals surface area contributed by atoms with Crippen molar-refractivity contribution in [3.8, 4) is 11.5 Å². The molecule has 8 heteroatoms. The number of benzene rings is 2. The van der Waals surface area contributed by atoms with Crippen molar-refractivity contribution >= 4 is 23.2 Å². The molecular formula is C33H40N2O5S. The van der Waals surface area contributed by atoms with Gasteiger partial charge in [0.05, 0.1) is 12.6 Å². The van der Waals surface area contributed by atoms with E-state index in [1.54, 1.807) is 16.2 Å². The van der Waals surface area contributed by atoms with E-state index in [4.69, 9.17) is 14.2 Å². The number of aryl methyl sites for hydroxylation is 1. The predicted octanol–water partition coefficient (Wildman–Crippen LogP) is 6.45. The van der Waals surface area contributed by atoms with E-state index in [-0.39, 0.29) is 31.3 Å². The molecule has 7 nitrogen and oxygen atoms in total. The summed E-state index contributed by atoms with van der Waals surface area (Å²) in [5.74, 6) is 1.17. The largest absolute Gasteiger partial charge is 0.454 e. The lowest BCUT2D eigenvalue weighted by Crippen LogP contribution is -2.45. The lowest BCUT2D eigenvalue weighted by atomic mass is 10.0. The van der Waals surface area contributed by atoms with Crippen LogP contribution in [-0.4, -0.2) is 54.2 Å². The smallest absolute Gasteiger partial charge is 0.254 e. The lowest BCUT2D eigenvalue weighted by molar-refractivity contribution is -0.133. The van der Waals surface area contributed by atoms with E-state index in [9.17, 15) is 9.59 Å². The molecule has 218 valence electrons. The maximum absolute atomic E-state index is 13.9. The van der Waals surface area contributed by atoms with Gasteiger partial charge in [-0.2, -0.15) is 0 Å². The Morgan fingerprint density at radius 1 is 0.927 bits per heavy atom. The van der Waals surface area contributed by atoms with Gasteiger partial charge in [-0.3, -0.25) is 9.59 Å². The van der Waals surface area contributed by atoms with Gasteiger partial charge in [0, 0.05) is 30.1 Å². The summed E-state index contributed by atoms with van der Waals surface area (Å²) in [7, 11) is 0. The third-order valence-corrected chi connectivity index (χ3v) is 8.53. The van der Waals surface area contributed by atoms with Gasteiger partial charge in [-0.1, -0.05) is 50.5 Å². The predicted molar refractivity (Wildman–Crippen MR) is 160 cm³/mol. The van der Waals surface area contributed by atoms with Crippen molar-refractivity contribution in [2.75, 3.05) is 26.5 Å². The highest BCUT2D eigenvalue weighted by molar-refractivity contribution is 7.09. The van der Waals surface area contributed by atoms with Crippen LogP contribution >= 0.6 is 11.3 Å². The fraction of sp³-hybridized carbons (Fsp3) is 0.455. The summed E-state index contributed by atoms with van der Waals surface area (Å²) in [6.45, 7) is 4.39.